The van der Waals surface area contributed by atoms with Crippen LogP contribution in [0, 0.1) is 11.5 Å². The Balaban J connectivity index is 2.12. The summed E-state index contributed by atoms with van der Waals surface area (Å²) in [5.41, 5.74) is 4.19. The van der Waals surface area contributed by atoms with Crippen molar-refractivity contribution in [3.63, 3.8) is 0 Å². The Hall–Kier alpha value is -1.97. The first kappa shape index (κ1) is 23.7. The predicted molar refractivity (Wildman–Crippen MR) is 126 cm³/mol. The average molecular weight is 496 g/mol. The molecule has 8 heteroatoms. The fourth-order valence-electron chi connectivity index (χ4n) is 3.63. The maximum Gasteiger partial charge on any atom is 0.341 e. The molecule has 1 N–H and O–H groups in total. The van der Waals surface area contributed by atoms with Crippen LogP contribution in [-0.4, -0.2) is 31.5 Å². The zero-order chi connectivity index (χ0) is 23.0. The topological polar surface area (TPSA) is 63.6 Å². The number of carboxylic acids is 1. The third kappa shape index (κ3) is 4.93. The minimum Gasteiger partial charge on any atom is -0.480 e. The Labute approximate surface area is 197 Å². The van der Waals surface area contributed by atoms with E-state index in [0.29, 0.717) is 29.0 Å². The van der Waals surface area contributed by atoms with Crippen molar-refractivity contribution in [2.45, 2.75) is 37.9 Å². The number of carboxylic acid groups (broad SMARTS) is 1. The van der Waals surface area contributed by atoms with E-state index in [2.05, 4.69) is 31.1 Å². The molecule has 0 amide bonds. The predicted octanol–water partition coefficient (Wildman–Crippen LogP) is 6.06. The lowest BCUT2D eigenvalue weighted by Crippen LogP contribution is -2.33. The molecule has 0 spiro atoms. The fourth-order valence-corrected chi connectivity index (χ4v) is 4.88. The standard InChI is InChI=1S/C23H21Cl3O4Si/c1-31(2,3)10-4-9-23(15-5-7-16(24)8-6-15)12-14-11-17(30-13-18(27)28)20(25)21(26)19(14)22(23)29/h5-8,11H,9,12-13H2,1-3H3,(H,27,28). The highest BCUT2D eigenvalue weighted by molar-refractivity contribution is 6.83. The summed E-state index contributed by atoms with van der Waals surface area (Å²) in [6.07, 6.45) is 0.676. The van der Waals surface area contributed by atoms with Crippen LogP contribution in [0.1, 0.15) is 27.9 Å². The van der Waals surface area contributed by atoms with E-state index >= 15 is 0 Å². The molecule has 1 atom stereocenters. The number of rotatable bonds is 5. The maximum absolute atomic E-state index is 13.7. The summed E-state index contributed by atoms with van der Waals surface area (Å²) in [5, 5.41) is 9.57. The number of ether oxygens (including phenoxy) is 1. The summed E-state index contributed by atoms with van der Waals surface area (Å²) in [4.78, 5) is 24.6. The van der Waals surface area contributed by atoms with Crippen LogP contribution >= 0.6 is 34.8 Å². The van der Waals surface area contributed by atoms with E-state index in [4.69, 9.17) is 44.6 Å². The number of benzene rings is 2. The van der Waals surface area contributed by atoms with Gasteiger partial charge in [-0.05, 0) is 35.7 Å². The Morgan fingerprint density at radius 2 is 1.81 bits per heavy atom. The van der Waals surface area contributed by atoms with Gasteiger partial charge in [0.2, 0.25) is 0 Å². The molecule has 0 fully saturated rings. The van der Waals surface area contributed by atoms with Gasteiger partial charge in [-0.15, -0.1) is 11.5 Å². The molecule has 1 aliphatic carbocycles. The second-order valence-electron chi connectivity index (χ2n) is 8.54. The van der Waals surface area contributed by atoms with Gasteiger partial charge in [-0.25, -0.2) is 4.79 Å². The van der Waals surface area contributed by atoms with Crippen molar-refractivity contribution in [3.05, 3.63) is 62.1 Å². The SMILES string of the molecule is C[Si](C)(C)C#CCC1(c2ccc(Cl)cc2)Cc2cc(OCC(=O)O)c(Cl)c(Cl)c2C1=O. The average Bonchev–Trinajstić information content (AvgIpc) is 2.95. The molecule has 0 saturated carbocycles. The normalized spacial score (nSPS) is 17.7. The summed E-state index contributed by atoms with van der Waals surface area (Å²) in [7, 11) is -1.64. The van der Waals surface area contributed by atoms with Gasteiger partial charge in [-0.3, -0.25) is 4.79 Å². The molecule has 31 heavy (non-hydrogen) atoms. The number of Topliss-reactive ketones (excluding diaryl/α,β-unsaturated/α-hetero) is 1. The van der Waals surface area contributed by atoms with Crippen molar-refractivity contribution in [3.8, 4) is 17.2 Å². The molecular weight excluding hydrogens is 475 g/mol. The summed E-state index contributed by atoms with van der Waals surface area (Å²) < 4.78 is 5.29. The first-order chi connectivity index (χ1) is 14.4. The highest BCUT2D eigenvalue weighted by Gasteiger charge is 2.48. The van der Waals surface area contributed by atoms with E-state index in [0.717, 1.165) is 5.56 Å². The zero-order valence-electron chi connectivity index (χ0n) is 17.3. The van der Waals surface area contributed by atoms with Crippen molar-refractivity contribution in [1.29, 1.82) is 0 Å². The van der Waals surface area contributed by atoms with Crippen LogP contribution in [0.5, 0.6) is 5.75 Å². The summed E-state index contributed by atoms with van der Waals surface area (Å²) in [6.45, 7) is 5.86. The van der Waals surface area contributed by atoms with Crippen molar-refractivity contribution >= 4 is 54.6 Å². The number of carbonyl (C=O) groups is 2. The number of hydrogen-bond donors (Lipinski definition) is 1. The highest BCUT2D eigenvalue weighted by Crippen LogP contribution is 2.49. The lowest BCUT2D eigenvalue weighted by atomic mass is 9.74. The number of hydrogen-bond acceptors (Lipinski definition) is 3. The quantitative estimate of drug-likeness (QED) is 0.404. The molecule has 1 unspecified atom stereocenters. The van der Waals surface area contributed by atoms with E-state index < -0.39 is 26.1 Å². The van der Waals surface area contributed by atoms with Gasteiger partial charge in [0, 0.05) is 17.0 Å². The van der Waals surface area contributed by atoms with Gasteiger partial charge in [-0.1, -0.05) is 66.6 Å². The third-order valence-corrected chi connectivity index (χ3v) is 7.04. The van der Waals surface area contributed by atoms with E-state index in [-0.39, 0.29) is 21.6 Å². The maximum atomic E-state index is 13.7. The molecule has 2 aromatic carbocycles. The van der Waals surface area contributed by atoms with Gasteiger partial charge in [0.15, 0.2) is 12.4 Å². The fraction of sp³-hybridized carbons (Fsp3) is 0.304. The van der Waals surface area contributed by atoms with Crippen LogP contribution < -0.4 is 4.74 Å². The highest BCUT2D eigenvalue weighted by atomic mass is 35.5. The summed E-state index contributed by atoms with van der Waals surface area (Å²) in [6, 6.07) is 8.76. The minimum atomic E-state index is -1.64. The van der Waals surface area contributed by atoms with Gasteiger partial charge in [0.05, 0.1) is 10.4 Å². The van der Waals surface area contributed by atoms with Crippen molar-refractivity contribution in [2.75, 3.05) is 6.61 Å². The first-order valence-corrected chi connectivity index (χ1v) is 14.2. The molecule has 0 bridgehead atoms. The molecule has 0 radical (unpaired) electrons. The van der Waals surface area contributed by atoms with E-state index in [1.165, 1.54) is 0 Å². The summed E-state index contributed by atoms with van der Waals surface area (Å²) >= 11 is 18.8. The number of halogens is 3. The number of carbonyl (C=O) groups excluding carboxylic acids is 1. The van der Waals surface area contributed by atoms with E-state index in [9.17, 15) is 9.59 Å². The van der Waals surface area contributed by atoms with Crippen molar-refractivity contribution < 1.29 is 19.4 Å². The van der Waals surface area contributed by atoms with Crippen molar-refractivity contribution in [1.82, 2.24) is 0 Å². The Morgan fingerprint density at radius 1 is 1.16 bits per heavy atom. The Bertz CT molecular complexity index is 1110. The molecule has 3 rings (SSSR count). The van der Waals surface area contributed by atoms with Crippen molar-refractivity contribution in [2.24, 2.45) is 0 Å². The van der Waals surface area contributed by atoms with Crippen LogP contribution in [0.25, 0.3) is 0 Å². The molecule has 0 aromatic heterocycles. The van der Waals surface area contributed by atoms with Gasteiger partial charge >= 0.3 is 5.97 Å². The van der Waals surface area contributed by atoms with Gasteiger partial charge in [0.1, 0.15) is 18.8 Å². The molecule has 1 aliphatic rings. The zero-order valence-corrected chi connectivity index (χ0v) is 20.6. The first-order valence-electron chi connectivity index (χ1n) is 9.61. The number of aliphatic carboxylic acids is 1. The van der Waals surface area contributed by atoms with Gasteiger partial charge < -0.3 is 9.84 Å². The Kier molecular flexibility index (Phi) is 6.78. The monoisotopic (exact) mass is 494 g/mol. The number of fused-ring (bicyclic) bond motifs is 1. The van der Waals surface area contributed by atoms with Gasteiger partial charge in [-0.2, -0.15) is 0 Å². The van der Waals surface area contributed by atoms with Crippen LogP contribution in [0.15, 0.2) is 30.3 Å². The molecule has 4 nitrogen and oxygen atoms in total. The minimum absolute atomic E-state index is 0.0232. The van der Waals surface area contributed by atoms with Crippen LogP contribution in [-0.2, 0) is 16.6 Å². The lowest BCUT2D eigenvalue weighted by molar-refractivity contribution is -0.139. The van der Waals surface area contributed by atoms with Crippen LogP contribution in [0.4, 0.5) is 0 Å². The molecule has 0 aliphatic heterocycles. The lowest BCUT2D eigenvalue weighted by Gasteiger charge is -2.26. The molecular formula is C23H21Cl3O4Si. The van der Waals surface area contributed by atoms with Crippen LogP contribution in [0.2, 0.25) is 34.7 Å². The summed E-state index contributed by atoms with van der Waals surface area (Å²) in [5.74, 6) is 2.09. The van der Waals surface area contributed by atoms with E-state index in [1.807, 2.05) is 12.1 Å². The molecule has 0 heterocycles. The smallest absolute Gasteiger partial charge is 0.341 e. The van der Waals surface area contributed by atoms with Crippen LogP contribution in [0.3, 0.4) is 0 Å². The largest absolute Gasteiger partial charge is 0.480 e. The second kappa shape index (κ2) is 8.88. The third-order valence-electron chi connectivity index (χ3n) is 5.01. The van der Waals surface area contributed by atoms with E-state index in [1.54, 1.807) is 18.2 Å². The van der Waals surface area contributed by atoms with Gasteiger partial charge in [0.25, 0.3) is 0 Å². The number of ketones is 1. The molecule has 162 valence electrons. The Morgan fingerprint density at radius 3 is 2.39 bits per heavy atom. The molecule has 0 saturated heterocycles. The second-order valence-corrected chi connectivity index (χ2v) is 14.5. The molecule has 2 aromatic rings.